The molecule has 0 fully saturated rings. The van der Waals surface area contributed by atoms with Crippen LogP contribution in [0.15, 0.2) is 65.3 Å². The zero-order chi connectivity index (χ0) is 19.0. The van der Waals surface area contributed by atoms with E-state index in [1.807, 2.05) is 54.6 Å². The molecule has 4 nitrogen and oxygen atoms in total. The van der Waals surface area contributed by atoms with Gasteiger partial charge in [0.25, 0.3) is 0 Å². The number of methoxy groups -OCH3 is 1. The molecule has 4 rings (SSSR count). The van der Waals surface area contributed by atoms with Crippen LogP contribution in [0.3, 0.4) is 0 Å². The Balaban J connectivity index is 1.81. The monoisotopic (exact) mass is 581 g/mol. The largest absolute Gasteiger partial charge is 0.495 e. The van der Waals surface area contributed by atoms with Crippen LogP contribution in [0.2, 0.25) is 0 Å². The maximum Gasteiger partial charge on any atom is 0.363 e. The first kappa shape index (κ1) is 18.4. The molecule has 0 aliphatic carbocycles. The van der Waals surface area contributed by atoms with E-state index in [1.165, 1.54) is 0 Å². The highest BCUT2D eigenvalue weighted by Gasteiger charge is 2.26. The van der Waals surface area contributed by atoms with Gasteiger partial charge in [-0.25, -0.2) is 9.79 Å². The van der Waals surface area contributed by atoms with Crippen molar-refractivity contribution >= 4 is 73.9 Å². The van der Waals surface area contributed by atoms with E-state index in [9.17, 15) is 4.79 Å². The second-order valence-corrected chi connectivity index (χ2v) is 8.28. The standard InChI is InChI=1S/C21H13I2NO3/c1-26-19-13(9-14(22)11-17(19)23)10-18-21(25)27-20(24-18)16-8-4-6-12-5-2-3-7-15(12)16/h2-11H,1H3. The molecule has 1 heterocycles. The van der Waals surface area contributed by atoms with Crippen molar-refractivity contribution in [1.82, 2.24) is 0 Å². The lowest BCUT2D eigenvalue weighted by Crippen LogP contribution is -2.06. The Bertz CT molecular complexity index is 1130. The predicted octanol–water partition coefficient (Wildman–Crippen LogP) is 5.40. The number of hydrogen-bond acceptors (Lipinski definition) is 4. The minimum absolute atomic E-state index is 0.258. The fraction of sp³-hybridized carbons (Fsp3) is 0.0476. The van der Waals surface area contributed by atoms with Gasteiger partial charge < -0.3 is 9.47 Å². The maximum absolute atomic E-state index is 12.4. The molecule has 0 aromatic heterocycles. The highest BCUT2D eigenvalue weighted by Crippen LogP contribution is 2.31. The number of benzene rings is 3. The molecule has 1 aliphatic heterocycles. The predicted molar refractivity (Wildman–Crippen MR) is 123 cm³/mol. The van der Waals surface area contributed by atoms with Crippen molar-refractivity contribution in [2.75, 3.05) is 7.11 Å². The maximum atomic E-state index is 12.4. The number of nitrogens with zero attached hydrogens (tertiary/aromatic N) is 1. The van der Waals surface area contributed by atoms with E-state index in [2.05, 4.69) is 50.2 Å². The number of carbonyl (C=O) groups excluding carboxylic acids is 1. The molecular weight excluding hydrogens is 568 g/mol. The number of esters is 1. The highest BCUT2D eigenvalue weighted by molar-refractivity contribution is 14.1. The quantitative estimate of drug-likeness (QED) is 0.237. The molecule has 1 aliphatic rings. The van der Waals surface area contributed by atoms with Gasteiger partial charge in [0.15, 0.2) is 5.70 Å². The van der Waals surface area contributed by atoms with E-state index in [4.69, 9.17) is 9.47 Å². The number of rotatable bonds is 3. The number of carbonyl (C=O) groups is 1. The summed E-state index contributed by atoms with van der Waals surface area (Å²) in [5.41, 5.74) is 1.85. The van der Waals surface area contributed by atoms with E-state index >= 15 is 0 Å². The third-order valence-corrected chi connectivity index (χ3v) is 5.60. The molecule has 0 spiro atoms. The number of hydrogen-bond donors (Lipinski definition) is 0. The molecule has 6 heteroatoms. The zero-order valence-corrected chi connectivity index (χ0v) is 18.5. The fourth-order valence-electron chi connectivity index (χ4n) is 2.99. The van der Waals surface area contributed by atoms with Crippen LogP contribution >= 0.6 is 45.2 Å². The number of ether oxygens (including phenoxy) is 2. The van der Waals surface area contributed by atoms with Crippen molar-refractivity contribution in [3.8, 4) is 5.75 Å². The lowest BCUT2D eigenvalue weighted by Gasteiger charge is -2.08. The molecule has 0 N–H and O–H groups in total. The fourth-order valence-corrected chi connectivity index (χ4v) is 5.10. The minimum atomic E-state index is -0.464. The van der Waals surface area contributed by atoms with Gasteiger partial charge in [-0.2, -0.15) is 0 Å². The van der Waals surface area contributed by atoms with Crippen molar-refractivity contribution in [2.45, 2.75) is 0 Å². The SMILES string of the molecule is COc1c(I)cc(I)cc1C=C1N=C(c2cccc3ccccc23)OC1=O. The first-order chi connectivity index (χ1) is 13.1. The van der Waals surface area contributed by atoms with Crippen LogP contribution in [-0.2, 0) is 9.53 Å². The van der Waals surface area contributed by atoms with Crippen LogP contribution in [0.1, 0.15) is 11.1 Å². The summed E-state index contributed by atoms with van der Waals surface area (Å²) in [4.78, 5) is 16.9. The zero-order valence-electron chi connectivity index (χ0n) is 14.2. The van der Waals surface area contributed by atoms with Crippen LogP contribution in [0.4, 0.5) is 0 Å². The van der Waals surface area contributed by atoms with Gasteiger partial charge in [-0.3, -0.25) is 0 Å². The van der Waals surface area contributed by atoms with Crippen molar-refractivity contribution in [3.05, 3.63) is 78.6 Å². The first-order valence-corrected chi connectivity index (χ1v) is 10.3. The van der Waals surface area contributed by atoms with E-state index in [0.29, 0.717) is 11.6 Å². The Labute approximate surface area is 183 Å². The summed E-state index contributed by atoms with van der Waals surface area (Å²) >= 11 is 4.45. The number of halogens is 2. The van der Waals surface area contributed by atoms with Gasteiger partial charge in [0.1, 0.15) is 5.75 Å². The summed E-state index contributed by atoms with van der Waals surface area (Å²) in [7, 11) is 1.62. The molecule has 0 saturated heterocycles. The van der Waals surface area contributed by atoms with E-state index < -0.39 is 5.97 Å². The summed E-state index contributed by atoms with van der Waals surface area (Å²) in [6, 6.07) is 17.8. The van der Waals surface area contributed by atoms with Crippen molar-refractivity contribution in [2.24, 2.45) is 4.99 Å². The van der Waals surface area contributed by atoms with Gasteiger partial charge in [0, 0.05) is 14.7 Å². The van der Waals surface area contributed by atoms with Crippen LogP contribution in [0.5, 0.6) is 5.75 Å². The molecule has 3 aromatic rings. The highest BCUT2D eigenvalue weighted by atomic mass is 127. The van der Waals surface area contributed by atoms with Crippen LogP contribution < -0.4 is 4.74 Å². The second-order valence-electron chi connectivity index (χ2n) is 5.87. The lowest BCUT2D eigenvalue weighted by atomic mass is 10.0. The smallest absolute Gasteiger partial charge is 0.363 e. The molecule has 0 bridgehead atoms. The van der Waals surface area contributed by atoms with Crippen LogP contribution in [0.25, 0.3) is 16.8 Å². The molecule has 0 saturated carbocycles. The van der Waals surface area contributed by atoms with Crippen LogP contribution in [0, 0.1) is 7.14 Å². The van der Waals surface area contributed by atoms with Gasteiger partial charge in [-0.05, 0) is 80.2 Å². The minimum Gasteiger partial charge on any atom is -0.495 e. The molecule has 3 aromatic carbocycles. The number of cyclic esters (lactones) is 1. The number of fused-ring (bicyclic) bond motifs is 1. The molecule has 0 atom stereocenters. The van der Waals surface area contributed by atoms with Crippen molar-refractivity contribution in [1.29, 1.82) is 0 Å². The van der Waals surface area contributed by atoms with Crippen molar-refractivity contribution in [3.63, 3.8) is 0 Å². The Morgan fingerprint density at radius 1 is 1.07 bits per heavy atom. The third-order valence-electron chi connectivity index (χ3n) is 4.17. The van der Waals surface area contributed by atoms with E-state index in [0.717, 1.165) is 29.0 Å². The summed E-state index contributed by atoms with van der Waals surface area (Å²) < 4.78 is 13.0. The van der Waals surface area contributed by atoms with E-state index in [1.54, 1.807) is 13.2 Å². The summed E-state index contributed by atoms with van der Waals surface area (Å²) in [5, 5.41) is 2.06. The van der Waals surface area contributed by atoms with Gasteiger partial charge in [0.05, 0.1) is 10.7 Å². The van der Waals surface area contributed by atoms with Crippen LogP contribution in [-0.4, -0.2) is 19.0 Å². The molecule has 0 unspecified atom stereocenters. The van der Waals surface area contributed by atoms with Gasteiger partial charge >= 0.3 is 5.97 Å². The average molecular weight is 581 g/mol. The Morgan fingerprint density at radius 3 is 2.67 bits per heavy atom. The third kappa shape index (κ3) is 3.60. The molecule has 27 heavy (non-hydrogen) atoms. The Morgan fingerprint density at radius 2 is 1.85 bits per heavy atom. The van der Waals surface area contributed by atoms with Gasteiger partial charge in [-0.15, -0.1) is 0 Å². The first-order valence-electron chi connectivity index (χ1n) is 8.10. The lowest BCUT2D eigenvalue weighted by molar-refractivity contribution is -0.129. The Hall–Kier alpha value is -1.94. The Kier molecular flexibility index (Phi) is 5.18. The average Bonchev–Trinajstić information content (AvgIpc) is 3.01. The second kappa shape index (κ2) is 7.59. The molecule has 0 amide bonds. The van der Waals surface area contributed by atoms with Gasteiger partial charge in [0.2, 0.25) is 5.90 Å². The van der Waals surface area contributed by atoms with Crippen molar-refractivity contribution < 1.29 is 14.3 Å². The van der Waals surface area contributed by atoms with E-state index in [-0.39, 0.29) is 5.70 Å². The molecule has 134 valence electrons. The number of aliphatic imine (C=N–C) groups is 1. The summed E-state index contributed by atoms with van der Waals surface area (Å²) in [6.07, 6.45) is 1.71. The molecule has 0 radical (unpaired) electrons. The summed E-state index contributed by atoms with van der Waals surface area (Å²) in [6.45, 7) is 0. The topological polar surface area (TPSA) is 47.9 Å². The summed E-state index contributed by atoms with van der Waals surface area (Å²) in [5.74, 6) is 0.571. The van der Waals surface area contributed by atoms with Gasteiger partial charge in [-0.1, -0.05) is 36.4 Å². The molecular formula is C21H13I2NO3. The normalized spacial score (nSPS) is 15.1.